The van der Waals surface area contributed by atoms with Crippen LogP contribution in [0.2, 0.25) is 5.02 Å². The van der Waals surface area contributed by atoms with E-state index in [4.69, 9.17) is 16.3 Å². The van der Waals surface area contributed by atoms with Crippen LogP contribution in [0, 0.1) is 5.92 Å². The lowest BCUT2D eigenvalue weighted by molar-refractivity contribution is 0.0518. The Balaban J connectivity index is 1.66. The molecule has 6 nitrogen and oxygen atoms in total. The first-order valence-corrected chi connectivity index (χ1v) is 11.3. The number of ether oxygens (including phenoxy) is 1. The SMILES string of the molecule is CCOC(=O)c1cc(-c2ccc(Cl)cc2)n(-c2ccc(C(=O)N3CCC[C@H](C)C3)cc2)n1. The van der Waals surface area contributed by atoms with Crippen molar-refractivity contribution in [3.63, 3.8) is 0 Å². The molecule has 3 aromatic rings. The van der Waals surface area contributed by atoms with E-state index in [1.165, 1.54) is 0 Å². The molecule has 0 N–H and O–H groups in total. The quantitative estimate of drug-likeness (QED) is 0.497. The maximum atomic E-state index is 12.9. The van der Waals surface area contributed by atoms with Crippen LogP contribution in [0.25, 0.3) is 16.9 Å². The molecule has 2 aromatic carbocycles. The van der Waals surface area contributed by atoms with Crippen molar-refractivity contribution in [2.45, 2.75) is 26.7 Å². The minimum atomic E-state index is -0.479. The molecule has 0 aliphatic carbocycles. The van der Waals surface area contributed by atoms with Gasteiger partial charge >= 0.3 is 5.97 Å². The van der Waals surface area contributed by atoms with Crippen molar-refractivity contribution in [1.29, 1.82) is 0 Å². The summed E-state index contributed by atoms with van der Waals surface area (Å²) in [6.07, 6.45) is 2.21. The third-order valence-electron chi connectivity index (χ3n) is 5.64. The second-order valence-electron chi connectivity index (χ2n) is 8.10. The summed E-state index contributed by atoms with van der Waals surface area (Å²) in [7, 11) is 0. The molecule has 0 spiro atoms. The standard InChI is InChI=1S/C25H26ClN3O3/c1-3-32-25(31)22-15-23(18-6-10-20(26)11-7-18)29(27-22)21-12-8-19(9-13-21)24(30)28-14-4-5-17(2)16-28/h6-13,15,17H,3-5,14,16H2,1-2H3/t17-/m0/s1. The normalized spacial score (nSPS) is 16.1. The molecular formula is C25H26ClN3O3. The highest BCUT2D eigenvalue weighted by Gasteiger charge is 2.22. The average molecular weight is 452 g/mol. The number of aromatic nitrogens is 2. The molecule has 0 saturated carbocycles. The van der Waals surface area contributed by atoms with E-state index in [0.717, 1.165) is 42.9 Å². The Morgan fingerprint density at radius 3 is 2.50 bits per heavy atom. The monoisotopic (exact) mass is 451 g/mol. The minimum absolute atomic E-state index is 0.0497. The van der Waals surface area contributed by atoms with Crippen LogP contribution in [-0.4, -0.2) is 46.3 Å². The zero-order valence-corrected chi connectivity index (χ0v) is 19.0. The molecule has 1 aliphatic heterocycles. The Hall–Kier alpha value is -3.12. The molecule has 1 atom stereocenters. The highest BCUT2D eigenvalue weighted by atomic mass is 35.5. The molecule has 1 fully saturated rings. The maximum Gasteiger partial charge on any atom is 0.358 e. The number of benzene rings is 2. The number of likely N-dealkylation sites (tertiary alicyclic amines) is 1. The molecule has 2 heterocycles. The number of hydrogen-bond donors (Lipinski definition) is 0. The van der Waals surface area contributed by atoms with Gasteiger partial charge in [0, 0.05) is 29.2 Å². The lowest BCUT2D eigenvalue weighted by Crippen LogP contribution is -2.39. The van der Waals surface area contributed by atoms with Crippen molar-refractivity contribution < 1.29 is 14.3 Å². The van der Waals surface area contributed by atoms with E-state index in [0.29, 0.717) is 16.5 Å². The first-order chi connectivity index (χ1) is 15.5. The summed E-state index contributed by atoms with van der Waals surface area (Å²) in [5, 5.41) is 5.11. The number of piperidine rings is 1. The molecule has 1 amide bonds. The fourth-order valence-corrected chi connectivity index (χ4v) is 4.14. The summed E-state index contributed by atoms with van der Waals surface area (Å²) in [6, 6.07) is 16.4. The number of halogens is 1. The van der Waals surface area contributed by atoms with Gasteiger partial charge in [0.05, 0.1) is 18.0 Å². The van der Waals surface area contributed by atoms with Crippen molar-refractivity contribution >= 4 is 23.5 Å². The summed E-state index contributed by atoms with van der Waals surface area (Å²) >= 11 is 6.04. The van der Waals surface area contributed by atoms with Crippen LogP contribution in [0.5, 0.6) is 0 Å². The second kappa shape index (κ2) is 9.57. The van der Waals surface area contributed by atoms with Crippen molar-refractivity contribution in [1.82, 2.24) is 14.7 Å². The molecule has 0 radical (unpaired) electrons. The van der Waals surface area contributed by atoms with Gasteiger partial charge in [-0.05, 0) is 68.1 Å². The van der Waals surface area contributed by atoms with Gasteiger partial charge in [-0.1, -0.05) is 30.7 Å². The number of carbonyl (C=O) groups excluding carboxylic acids is 2. The van der Waals surface area contributed by atoms with E-state index in [1.54, 1.807) is 29.8 Å². The number of nitrogens with zero attached hydrogens (tertiary/aromatic N) is 3. The highest BCUT2D eigenvalue weighted by Crippen LogP contribution is 2.26. The minimum Gasteiger partial charge on any atom is -0.461 e. The van der Waals surface area contributed by atoms with E-state index in [9.17, 15) is 9.59 Å². The van der Waals surface area contributed by atoms with Gasteiger partial charge in [0.1, 0.15) is 0 Å². The predicted octanol–water partition coefficient (Wildman–Crippen LogP) is 5.24. The summed E-state index contributed by atoms with van der Waals surface area (Å²) < 4.78 is 6.81. The van der Waals surface area contributed by atoms with Gasteiger partial charge < -0.3 is 9.64 Å². The van der Waals surface area contributed by atoms with E-state index in [1.807, 2.05) is 41.3 Å². The summed E-state index contributed by atoms with van der Waals surface area (Å²) in [5.41, 5.74) is 3.20. The lowest BCUT2D eigenvalue weighted by atomic mass is 9.99. The Kier molecular flexibility index (Phi) is 6.61. The summed E-state index contributed by atoms with van der Waals surface area (Å²) in [5.74, 6) is 0.0976. The number of amides is 1. The van der Waals surface area contributed by atoms with E-state index in [-0.39, 0.29) is 18.2 Å². The summed E-state index contributed by atoms with van der Waals surface area (Å²) in [4.78, 5) is 27.1. The lowest BCUT2D eigenvalue weighted by Gasteiger charge is -2.31. The zero-order chi connectivity index (χ0) is 22.7. The topological polar surface area (TPSA) is 64.4 Å². The van der Waals surface area contributed by atoms with Crippen LogP contribution in [0.15, 0.2) is 54.6 Å². The van der Waals surface area contributed by atoms with Gasteiger partial charge in [-0.25, -0.2) is 9.48 Å². The highest BCUT2D eigenvalue weighted by molar-refractivity contribution is 6.30. The van der Waals surface area contributed by atoms with Gasteiger partial charge in [0.2, 0.25) is 0 Å². The van der Waals surface area contributed by atoms with Gasteiger partial charge in [-0.2, -0.15) is 5.10 Å². The smallest absolute Gasteiger partial charge is 0.358 e. The Morgan fingerprint density at radius 2 is 1.84 bits per heavy atom. The predicted molar refractivity (Wildman–Crippen MR) is 124 cm³/mol. The van der Waals surface area contributed by atoms with Crippen LogP contribution in [-0.2, 0) is 4.74 Å². The largest absolute Gasteiger partial charge is 0.461 e. The molecule has 4 rings (SSSR count). The van der Waals surface area contributed by atoms with Crippen LogP contribution >= 0.6 is 11.6 Å². The number of esters is 1. The van der Waals surface area contributed by atoms with Crippen molar-refractivity contribution in [3.05, 3.63) is 70.9 Å². The third kappa shape index (κ3) is 4.70. The van der Waals surface area contributed by atoms with Gasteiger partial charge in [0.15, 0.2) is 5.69 Å². The van der Waals surface area contributed by atoms with Crippen molar-refractivity contribution in [2.75, 3.05) is 19.7 Å². The van der Waals surface area contributed by atoms with E-state index < -0.39 is 5.97 Å². The van der Waals surface area contributed by atoms with Gasteiger partial charge in [0.25, 0.3) is 5.91 Å². The third-order valence-corrected chi connectivity index (χ3v) is 5.89. The molecule has 0 unspecified atom stereocenters. The maximum absolute atomic E-state index is 12.9. The molecule has 32 heavy (non-hydrogen) atoms. The first-order valence-electron chi connectivity index (χ1n) is 10.9. The fraction of sp³-hybridized carbons (Fsp3) is 0.320. The van der Waals surface area contributed by atoms with Crippen LogP contribution in [0.3, 0.4) is 0 Å². The molecular weight excluding hydrogens is 426 g/mol. The number of hydrogen-bond acceptors (Lipinski definition) is 4. The van der Waals surface area contributed by atoms with Gasteiger partial charge in [-0.3, -0.25) is 4.79 Å². The van der Waals surface area contributed by atoms with E-state index >= 15 is 0 Å². The molecule has 1 aliphatic rings. The van der Waals surface area contributed by atoms with E-state index in [2.05, 4.69) is 12.0 Å². The van der Waals surface area contributed by atoms with Gasteiger partial charge in [-0.15, -0.1) is 0 Å². The van der Waals surface area contributed by atoms with Crippen LogP contribution in [0.4, 0.5) is 0 Å². The van der Waals surface area contributed by atoms with Crippen molar-refractivity contribution in [3.8, 4) is 16.9 Å². The molecule has 0 bridgehead atoms. The fourth-order valence-electron chi connectivity index (χ4n) is 4.01. The second-order valence-corrected chi connectivity index (χ2v) is 8.54. The molecule has 1 aromatic heterocycles. The Bertz CT molecular complexity index is 1110. The Morgan fingerprint density at radius 1 is 1.12 bits per heavy atom. The van der Waals surface area contributed by atoms with Crippen LogP contribution in [0.1, 0.15) is 47.5 Å². The molecule has 166 valence electrons. The molecule has 1 saturated heterocycles. The summed E-state index contributed by atoms with van der Waals surface area (Å²) in [6.45, 7) is 5.80. The number of rotatable bonds is 5. The zero-order valence-electron chi connectivity index (χ0n) is 18.3. The number of carbonyl (C=O) groups is 2. The van der Waals surface area contributed by atoms with Crippen molar-refractivity contribution in [2.24, 2.45) is 5.92 Å². The first kappa shape index (κ1) is 22.1. The Labute approximate surface area is 192 Å². The molecule has 7 heteroatoms. The van der Waals surface area contributed by atoms with Crippen LogP contribution < -0.4 is 0 Å². The average Bonchev–Trinajstić information content (AvgIpc) is 3.25.